The number of hydrogen-bond acceptors (Lipinski definition) is 6. The van der Waals surface area contributed by atoms with E-state index in [1.807, 2.05) is 13.0 Å². The first-order chi connectivity index (χ1) is 10.6. The van der Waals surface area contributed by atoms with Crippen LogP contribution in [0.25, 0.3) is 0 Å². The standard InChI is InChI=1S/C13H18N6O2S/c1-9-7-10(2)19(13(21)16-9)5-3-11(20)14-4-6-22-12-8-15-18-17-12/h7-8H,3-6H2,1-2H3,(H,14,20)(H,15,17,18). The molecule has 0 aliphatic carbocycles. The summed E-state index contributed by atoms with van der Waals surface area (Å²) in [5, 5.41) is 13.7. The van der Waals surface area contributed by atoms with Gasteiger partial charge in [-0.05, 0) is 19.9 Å². The first-order valence-electron chi connectivity index (χ1n) is 6.86. The van der Waals surface area contributed by atoms with Crippen LogP contribution in [0.2, 0.25) is 0 Å². The van der Waals surface area contributed by atoms with Gasteiger partial charge in [-0.1, -0.05) is 0 Å². The van der Waals surface area contributed by atoms with Crippen LogP contribution in [0, 0.1) is 13.8 Å². The summed E-state index contributed by atoms with van der Waals surface area (Å²) in [5.41, 5.74) is 1.19. The van der Waals surface area contributed by atoms with E-state index in [2.05, 4.69) is 25.7 Å². The van der Waals surface area contributed by atoms with Crippen LogP contribution in [0.5, 0.6) is 0 Å². The smallest absolute Gasteiger partial charge is 0.347 e. The van der Waals surface area contributed by atoms with Crippen molar-refractivity contribution in [2.75, 3.05) is 12.3 Å². The summed E-state index contributed by atoms with van der Waals surface area (Å²) in [6, 6.07) is 1.83. The lowest BCUT2D eigenvalue weighted by atomic mass is 10.3. The highest BCUT2D eigenvalue weighted by atomic mass is 32.2. The average Bonchev–Trinajstić information content (AvgIpc) is 2.95. The summed E-state index contributed by atoms with van der Waals surface area (Å²) in [7, 11) is 0. The van der Waals surface area contributed by atoms with Gasteiger partial charge in [0.15, 0.2) is 0 Å². The fraction of sp³-hybridized carbons (Fsp3) is 0.462. The summed E-state index contributed by atoms with van der Waals surface area (Å²) in [6.07, 6.45) is 1.88. The van der Waals surface area contributed by atoms with Crippen molar-refractivity contribution in [1.29, 1.82) is 0 Å². The number of hydrogen-bond donors (Lipinski definition) is 2. The highest BCUT2D eigenvalue weighted by Gasteiger charge is 2.06. The second-order valence-corrected chi connectivity index (χ2v) is 5.84. The average molecular weight is 322 g/mol. The predicted molar refractivity (Wildman–Crippen MR) is 82.7 cm³/mol. The van der Waals surface area contributed by atoms with Gasteiger partial charge in [0.1, 0.15) is 5.03 Å². The van der Waals surface area contributed by atoms with Crippen molar-refractivity contribution in [2.45, 2.75) is 31.8 Å². The van der Waals surface area contributed by atoms with E-state index in [0.717, 1.165) is 10.7 Å². The number of aromatic nitrogens is 5. The van der Waals surface area contributed by atoms with Crippen LogP contribution in [0.3, 0.4) is 0 Å². The van der Waals surface area contributed by atoms with Gasteiger partial charge in [0.05, 0.1) is 6.20 Å². The number of rotatable bonds is 7. The molecule has 0 aliphatic rings. The van der Waals surface area contributed by atoms with Gasteiger partial charge in [-0.2, -0.15) is 15.3 Å². The first-order valence-corrected chi connectivity index (χ1v) is 7.85. The van der Waals surface area contributed by atoms with Crippen molar-refractivity contribution in [1.82, 2.24) is 30.3 Å². The van der Waals surface area contributed by atoms with Gasteiger partial charge in [0, 0.05) is 36.7 Å². The lowest BCUT2D eigenvalue weighted by Crippen LogP contribution is -2.30. The number of thioether (sulfide) groups is 1. The Morgan fingerprint density at radius 1 is 1.45 bits per heavy atom. The Labute approximate surface area is 131 Å². The molecule has 0 saturated heterocycles. The summed E-state index contributed by atoms with van der Waals surface area (Å²) >= 11 is 1.51. The maximum atomic E-state index is 11.8. The third-order valence-corrected chi connectivity index (χ3v) is 3.88. The minimum Gasteiger partial charge on any atom is -0.355 e. The maximum absolute atomic E-state index is 11.8. The molecule has 0 aliphatic heterocycles. The number of H-pyrrole nitrogens is 1. The molecule has 8 nitrogen and oxygen atoms in total. The molecule has 0 radical (unpaired) electrons. The Bertz CT molecular complexity index is 682. The van der Waals surface area contributed by atoms with E-state index >= 15 is 0 Å². The van der Waals surface area contributed by atoms with Crippen LogP contribution in [-0.4, -0.2) is 43.2 Å². The molecular formula is C13H18N6O2S. The second-order valence-electron chi connectivity index (χ2n) is 4.73. The molecule has 0 unspecified atom stereocenters. The fourth-order valence-electron chi connectivity index (χ4n) is 1.96. The number of amides is 1. The summed E-state index contributed by atoms with van der Waals surface area (Å²) in [4.78, 5) is 27.4. The zero-order valence-electron chi connectivity index (χ0n) is 12.5. The minimum atomic E-state index is -0.313. The van der Waals surface area contributed by atoms with Gasteiger partial charge < -0.3 is 5.32 Å². The van der Waals surface area contributed by atoms with Crippen molar-refractivity contribution in [3.63, 3.8) is 0 Å². The van der Waals surface area contributed by atoms with E-state index < -0.39 is 0 Å². The third kappa shape index (κ3) is 4.69. The summed E-state index contributed by atoms with van der Waals surface area (Å²) in [6.45, 7) is 4.48. The van der Waals surface area contributed by atoms with Crippen LogP contribution in [-0.2, 0) is 11.3 Å². The highest BCUT2D eigenvalue weighted by Crippen LogP contribution is 2.10. The van der Waals surface area contributed by atoms with Gasteiger partial charge in [0.2, 0.25) is 5.91 Å². The zero-order valence-corrected chi connectivity index (χ0v) is 13.3. The maximum Gasteiger partial charge on any atom is 0.347 e. The van der Waals surface area contributed by atoms with Crippen LogP contribution in [0.1, 0.15) is 17.8 Å². The largest absolute Gasteiger partial charge is 0.355 e. The van der Waals surface area contributed by atoms with Crippen molar-refractivity contribution in [2.24, 2.45) is 0 Å². The monoisotopic (exact) mass is 322 g/mol. The Balaban J connectivity index is 1.73. The molecule has 0 spiro atoms. The molecule has 0 fully saturated rings. The number of carbonyl (C=O) groups excluding carboxylic acids is 1. The van der Waals surface area contributed by atoms with Crippen molar-refractivity contribution >= 4 is 17.7 Å². The van der Waals surface area contributed by atoms with Gasteiger partial charge in [-0.3, -0.25) is 9.36 Å². The number of nitrogens with one attached hydrogen (secondary N) is 2. The van der Waals surface area contributed by atoms with E-state index in [1.165, 1.54) is 16.3 Å². The molecule has 0 atom stereocenters. The van der Waals surface area contributed by atoms with E-state index in [1.54, 1.807) is 13.1 Å². The van der Waals surface area contributed by atoms with Crippen molar-refractivity contribution in [3.8, 4) is 0 Å². The van der Waals surface area contributed by atoms with E-state index in [-0.39, 0.29) is 18.0 Å². The first kappa shape index (κ1) is 16.2. The minimum absolute atomic E-state index is 0.0902. The number of aryl methyl sites for hydroxylation is 2. The van der Waals surface area contributed by atoms with Crippen molar-refractivity contribution < 1.29 is 4.79 Å². The topological polar surface area (TPSA) is 106 Å². The van der Waals surface area contributed by atoms with Crippen LogP contribution >= 0.6 is 11.8 Å². The summed E-state index contributed by atoms with van der Waals surface area (Å²) < 4.78 is 1.51. The number of aromatic amines is 1. The molecule has 2 aromatic heterocycles. The lowest BCUT2D eigenvalue weighted by Gasteiger charge is -2.09. The van der Waals surface area contributed by atoms with Crippen LogP contribution in [0.15, 0.2) is 22.1 Å². The fourth-order valence-corrected chi connectivity index (χ4v) is 2.60. The SMILES string of the molecule is Cc1cc(C)n(CCC(=O)NCCSc2cn[nH]n2)c(=O)n1. The van der Waals surface area contributed by atoms with Gasteiger partial charge >= 0.3 is 5.69 Å². The molecule has 2 aromatic rings. The molecule has 2 N–H and O–H groups in total. The molecule has 1 amide bonds. The molecule has 0 saturated carbocycles. The molecule has 2 rings (SSSR count). The predicted octanol–water partition coefficient (Wildman–Crippen LogP) is 0.277. The van der Waals surface area contributed by atoms with E-state index in [0.29, 0.717) is 24.5 Å². The van der Waals surface area contributed by atoms with Gasteiger partial charge in [0.25, 0.3) is 0 Å². The normalized spacial score (nSPS) is 10.6. The number of nitrogens with zero attached hydrogens (tertiary/aromatic N) is 4. The quantitative estimate of drug-likeness (QED) is 0.560. The molecule has 9 heteroatoms. The van der Waals surface area contributed by atoms with Crippen molar-refractivity contribution in [3.05, 3.63) is 34.1 Å². The second kappa shape index (κ2) is 7.74. The zero-order chi connectivity index (χ0) is 15.9. The Kier molecular flexibility index (Phi) is 5.70. The Morgan fingerprint density at radius 2 is 2.27 bits per heavy atom. The Hall–Kier alpha value is -2.16. The molecule has 22 heavy (non-hydrogen) atoms. The van der Waals surface area contributed by atoms with Crippen LogP contribution < -0.4 is 11.0 Å². The molecule has 0 bridgehead atoms. The van der Waals surface area contributed by atoms with Crippen LogP contribution in [0.4, 0.5) is 0 Å². The number of carbonyl (C=O) groups is 1. The van der Waals surface area contributed by atoms with E-state index in [9.17, 15) is 9.59 Å². The van der Waals surface area contributed by atoms with Gasteiger partial charge in [-0.25, -0.2) is 4.79 Å². The molecule has 0 aromatic carbocycles. The Morgan fingerprint density at radius 3 is 2.95 bits per heavy atom. The molecule has 2 heterocycles. The highest BCUT2D eigenvalue weighted by molar-refractivity contribution is 7.99. The third-order valence-electron chi connectivity index (χ3n) is 2.98. The lowest BCUT2D eigenvalue weighted by molar-refractivity contribution is -0.121. The molecular weight excluding hydrogens is 304 g/mol. The summed E-state index contributed by atoms with van der Waals surface area (Å²) in [5.74, 6) is 0.621. The van der Waals surface area contributed by atoms with E-state index in [4.69, 9.17) is 0 Å². The molecule has 118 valence electrons. The van der Waals surface area contributed by atoms with Gasteiger partial charge in [-0.15, -0.1) is 16.9 Å².